The molecule has 4 rings (SSSR count). The third-order valence-electron chi connectivity index (χ3n) is 6.68. The molecule has 1 aliphatic heterocycles. The van der Waals surface area contributed by atoms with Gasteiger partial charge in [0.05, 0.1) is 5.54 Å². The number of likely N-dealkylation sites (tertiary alicyclic amines) is 1. The van der Waals surface area contributed by atoms with Crippen LogP contribution in [-0.4, -0.2) is 43.2 Å². The van der Waals surface area contributed by atoms with Gasteiger partial charge in [0, 0.05) is 11.1 Å². The molecule has 3 aromatic rings. The van der Waals surface area contributed by atoms with E-state index in [4.69, 9.17) is 0 Å². The van der Waals surface area contributed by atoms with Crippen LogP contribution in [0.5, 0.6) is 0 Å². The minimum absolute atomic E-state index is 0.0705. The van der Waals surface area contributed by atoms with Crippen molar-refractivity contribution in [1.29, 1.82) is 0 Å². The fourth-order valence-corrected chi connectivity index (χ4v) is 4.28. The standard InChI is InChI=1S/C23H32N6O/c1-6-23(4,5)29-21(25-26-27-29)20(28-11-9-15(2)10-12-28)18-14-17-13-16(3)7-8-19(17)24-22(18)30/h7-8,13-15,20H,6,9-12H2,1-5H3,(H,24,30)/t20-/m0/s1. The van der Waals surface area contributed by atoms with E-state index in [0.29, 0.717) is 11.5 Å². The van der Waals surface area contributed by atoms with Gasteiger partial charge in [-0.3, -0.25) is 9.69 Å². The quantitative estimate of drug-likeness (QED) is 0.695. The third kappa shape index (κ3) is 3.78. The average molecular weight is 409 g/mol. The molecule has 3 heterocycles. The van der Waals surface area contributed by atoms with Crippen LogP contribution >= 0.6 is 0 Å². The Morgan fingerprint density at radius 3 is 2.67 bits per heavy atom. The molecule has 7 heteroatoms. The minimum Gasteiger partial charge on any atom is -0.322 e. The maximum Gasteiger partial charge on any atom is 0.253 e. The van der Waals surface area contributed by atoms with Gasteiger partial charge in [0.1, 0.15) is 6.04 Å². The summed E-state index contributed by atoms with van der Waals surface area (Å²) < 4.78 is 1.91. The zero-order valence-electron chi connectivity index (χ0n) is 18.6. The molecule has 1 aromatic carbocycles. The molecule has 0 amide bonds. The first kappa shape index (κ1) is 20.7. The Bertz CT molecular complexity index is 1090. The second-order valence-electron chi connectivity index (χ2n) is 9.38. The van der Waals surface area contributed by atoms with Gasteiger partial charge in [0.15, 0.2) is 5.82 Å². The Balaban J connectivity index is 1.89. The van der Waals surface area contributed by atoms with Crippen LogP contribution in [-0.2, 0) is 5.54 Å². The smallest absolute Gasteiger partial charge is 0.253 e. The SMILES string of the molecule is CCC(C)(C)n1nnnc1[C@H](c1cc2cc(C)ccc2[nH]c1=O)N1CCC(C)CC1. The van der Waals surface area contributed by atoms with Crippen LogP contribution < -0.4 is 5.56 Å². The number of nitrogens with zero attached hydrogens (tertiary/aromatic N) is 5. The number of aromatic nitrogens is 5. The summed E-state index contributed by atoms with van der Waals surface area (Å²) in [6, 6.07) is 7.86. The maximum absolute atomic E-state index is 13.2. The van der Waals surface area contributed by atoms with E-state index in [1.54, 1.807) is 0 Å². The van der Waals surface area contributed by atoms with Crippen LogP contribution in [0.3, 0.4) is 0 Å². The summed E-state index contributed by atoms with van der Waals surface area (Å²) in [6.07, 6.45) is 3.11. The molecule has 1 atom stereocenters. The molecule has 0 saturated carbocycles. The number of fused-ring (bicyclic) bond motifs is 1. The predicted octanol–water partition coefficient (Wildman–Crippen LogP) is 3.79. The molecule has 1 aliphatic rings. The first-order valence-electron chi connectivity index (χ1n) is 11.0. The van der Waals surface area contributed by atoms with Crippen LogP contribution in [0.2, 0.25) is 0 Å². The minimum atomic E-state index is -0.271. The van der Waals surface area contributed by atoms with Crippen molar-refractivity contribution in [3.05, 3.63) is 51.6 Å². The van der Waals surface area contributed by atoms with Gasteiger partial charge in [0.25, 0.3) is 5.56 Å². The third-order valence-corrected chi connectivity index (χ3v) is 6.68. The van der Waals surface area contributed by atoms with Crippen molar-refractivity contribution >= 4 is 10.9 Å². The molecular weight excluding hydrogens is 376 g/mol. The van der Waals surface area contributed by atoms with E-state index in [2.05, 4.69) is 66.1 Å². The second-order valence-corrected chi connectivity index (χ2v) is 9.38. The van der Waals surface area contributed by atoms with Crippen LogP contribution in [0.25, 0.3) is 10.9 Å². The maximum atomic E-state index is 13.2. The number of aryl methyl sites for hydroxylation is 1. The van der Waals surface area contributed by atoms with E-state index >= 15 is 0 Å². The Morgan fingerprint density at radius 2 is 1.97 bits per heavy atom. The molecule has 1 N–H and O–H groups in total. The second kappa shape index (κ2) is 7.95. The van der Waals surface area contributed by atoms with Crippen molar-refractivity contribution in [2.24, 2.45) is 5.92 Å². The molecule has 0 spiro atoms. The first-order chi connectivity index (χ1) is 14.3. The Hall–Kier alpha value is -2.54. The lowest BCUT2D eigenvalue weighted by atomic mass is 9.94. The molecular formula is C23H32N6O. The summed E-state index contributed by atoms with van der Waals surface area (Å²) in [5.74, 6) is 1.44. The molecule has 30 heavy (non-hydrogen) atoms. The fourth-order valence-electron chi connectivity index (χ4n) is 4.28. The number of aromatic amines is 1. The van der Waals surface area contributed by atoms with Crippen molar-refractivity contribution in [3.63, 3.8) is 0 Å². The van der Waals surface area contributed by atoms with Gasteiger partial charge in [-0.05, 0) is 93.1 Å². The van der Waals surface area contributed by atoms with Gasteiger partial charge >= 0.3 is 0 Å². The molecule has 0 bridgehead atoms. The van der Waals surface area contributed by atoms with E-state index in [1.165, 1.54) is 5.56 Å². The molecule has 7 nitrogen and oxygen atoms in total. The largest absolute Gasteiger partial charge is 0.322 e. The predicted molar refractivity (Wildman–Crippen MR) is 119 cm³/mol. The number of nitrogens with one attached hydrogen (secondary N) is 1. The van der Waals surface area contributed by atoms with Crippen molar-refractivity contribution < 1.29 is 0 Å². The van der Waals surface area contributed by atoms with E-state index in [-0.39, 0.29) is 17.1 Å². The molecule has 1 saturated heterocycles. The van der Waals surface area contributed by atoms with Crippen molar-refractivity contribution in [2.75, 3.05) is 13.1 Å². The molecule has 2 aromatic heterocycles. The molecule has 0 aliphatic carbocycles. The first-order valence-corrected chi connectivity index (χ1v) is 11.0. The highest BCUT2D eigenvalue weighted by Gasteiger charge is 2.35. The number of rotatable bonds is 5. The van der Waals surface area contributed by atoms with Gasteiger partial charge in [-0.1, -0.05) is 25.5 Å². The summed E-state index contributed by atoms with van der Waals surface area (Å²) in [5, 5.41) is 13.8. The zero-order chi connectivity index (χ0) is 21.5. The van der Waals surface area contributed by atoms with Gasteiger partial charge in [0.2, 0.25) is 0 Å². The van der Waals surface area contributed by atoms with E-state index in [9.17, 15) is 4.79 Å². The number of tetrazole rings is 1. The van der Waals surface area contributed by atoms with Gasteiger partial charge in [-0.25, -0.2) is 4.68 Å². The van der Waals surface area contributed by atoms with E-state index in [1.807, 2.05) is 22.9 Å². The van der Waals surface area contributed by atoms with Crippen LogP contribution in [0.4, 0.5) is 0 Å². The van der Waals surface area contributed by atoms with Gasteiger partial charge in [-0.15, -0.1) is 5.10 Å². The van der Waals surface area contributed by atoms with Crippen molar-refractivity contribution in [2.45, 2.75) is 65.5 Å². The molecule has 160 valence electrons. The normalized spacial score (nSPS) is 17.5. The average Bonchev–Trinajstić information content (AvgIpc) is 3.21. The molecule has 1 fully saturated rings. The summed E-state index contributed by atoms with van der Waals surface area (Å²) in [6.45, 7) is 12.6. The Labute approximate surface area is 177 Å². The van der Waals surface area contributed by atoms with Crippen LogP contribution in [0.1, 0.15) is 70.0 Å². The Morgan fingerprint density at radius 1 is 1.23 bits per heavy atom. The number of pyridine rings is 1. The number of hydrogen-bond acceptors (Lipinski definition) is 5. The van der Waals surface area contributed by atoms with E-state index < -0.39 is 0 Å². The summed E-state index contributed by atoms with van der Waals surface area (Å²) >= 11 is 0. The van der Waals surface area contributed by atoms with Crippen molar-refractivity contribution in [1.82, 2.24) is 30.1 Å². The number of hydrogen-bond donors (Lipinski definition) is 1. The summed E-state index contributed by atoms with van der Waals surface area (Å²) in [5.41, 5.74) is 2.43. The summed E-state index contributed by atoms with van der Waals surface area (Å²) in [4.78, 5) is 18.7. The van der Waals surface area contributed by atoms with E-state index in [0.717, 1.165) is 49.1 Å². The lowest BCUT2D eigenvalue weighted by molar-refractivity contribution is 0.143. The molecule has 0 unspecified atom stereocenters. The van der Waals surface area contributed by atoms with Crippen molar-refractivity contribution in [3.8, 4) is 0 Å². The highest BCUT2D eigenvalue weighted by molar-refractivity contribution is 5.79. The highest BCUT2D eigenvalue weighted by atomic mass is 16.1. The Kier molecular flexibility index (Phi) is 5.49. The van der Waals surface area contributed by atoms with Crippen LogP contribution in [0.15, 0.2) is 29.1 Å². The summed E-state index contributed by atoms with van der Waals surface area (Å²) in [7, 11) is 0. The highest BCUT2D eigenvalue weighted by Crippen LogP contribution is 2.33. The van der Waals surface area contributed by atoms with Gasteiger partial charge in [-0.2, -0.15) is 0 Å². The lowest BCUT2D eigenvalue weighted by Gasteiger charge is -2.37. The number of piperidine rings is 1. The molecule has 0 radical (unpaired) electrons. The lowest BCUT2D eigenvalue weighted by Crippen LogP contribution is -2.41. The zero-order valence-corrected chi connectivity index (χ0v) is 18.6. The fraction of sp³-hybridized carbons (Fsp3) is 0.565. The van der Waals surface area contributed by atoms with Crippen LogP contribution in [0, 0.1) is 12.8 Å². The van der Waals surface area contributed by atoms with Gasteiger partial charge < -0.3 is 4.98 Å². The topological polar surface area (TPSA) is 79.7 Å². The number of H-pyrrole nitrogens is 1. The number of benzene rings is 1. The monoisotopic (exact) mass is 408 g/mol.